The van der Waals surface area contributed by atoms with E-state index in [1.807, 2.05) is 24.3 Å². The lowest BCUT2D eigenvalue weighted by Gasteiger charge is -2.39. The zero-order valence-corrected chi connectivity index (χ0v) is 21.2. The van der Waals surface area contributed by atoms with Gasteiger partial charge in [-0.25, -0.2) is 0 Å². The second-order valence-electron chi connectivity index (χ2n) is 8.25. The molecule has 0 bridgehead atoms. The van der Waals surface area contributed by atoms with E-state index in [2.05, 4.69) is 26.8 Å². The monoisotopic (exact) mass is 517 g/mol. The minimum Gasteiger partial charge on any atom is -0.369 e. The van der Waals surface area contributed by atoms with E-state index in [0.717, 1.165) is 69.1 Å². The van der Waals surface area contributed by atoms with Gasteiger partial charge in [-0.3, -0.25) is 9.69 Å². The van der Waals surface area contributed by atoms with E-state index < -0.39 is 0 Å². The molecule has 2 aromatic rings. The van der Waals surface area contributed by atoms with Crippen LogP contribution in [0.25, 0.3) is 0 Å². The lowest BCUT2D eigenvalue weighted by atomic mass is 9.97. The first-order chi connectivity index (χ1) is 14.6. The maximum atomic E-state index is 13.0. The van der Waals surface area contributed by atoms with Crippen LogP contribution in [0.2, 0.25) is 10.0 Å². The number of amides is 1. The van der Waals surface area contributed by atoms with Gasteiger partial charge >= 0.3 is 0 Å². The molecular formula is C24H31Cl4N3O. The van der Waals surface area contributed by atoms with E-state index >= 15 is 0 Å². The normalized spacial score (nSPS) is 19.1. The van der Waals surface area contributed by atoms with Crippen LogP contribution in [-0.4, -0.2) is 61.0 Å². The highest BCUT2D eigenvalue weighted by atomic mass is 35.5. The molecule has 176 valence electrons. The number of carbonyl (C=O) groups is 1. The van der Waals surface area contributed by atoms with Crippen LogP contribution in [0, 0.1) is 0 Å². The number of piperidine rings is 1. The zero-order chi connectivity index (χ0) is 20.9. The van der Waals surface area contributed by atoms with Gasteiger partial charge in [0.2, 0.25) is 0 Å². The van der Waals surface area contributed by atoms with Crippen LogP contribution in [0.1, 0.15) is 36.0 Å². The van der Waals surface area contributed by atoms with Gasteiger partial charge in [-0.1, -0.05) is 23.2 Å². The van der Waals surface area contributed by atoms with Crippen molar-refractivity contribution >= 4 is 59.6 Å². The van der Waals surface area contributed by atoms with E-state index in [9.17, 15) is 4.79 Å². The second kappa shape index (κ2) is 12.9. The smallest absolute Gasteiger partial charge is 0.254 e. The number of likely N-dealkylation sites (tertiary alicyclic amines) is 1. The van der Waals surface area contributed by atoms with E-state index in [-0.39, 0.29) is 30.7 Å². The van der Waals surface area contributed by atoms with Crippen molar-refractivity contribution in [2.75, 3.05) is 44.2 Å². The summed E-state index contributed by atoms with van der Waals surface area (Å²) in [5.74, 6) is 0.143. The van der Waals surface area contributed by atoms with Crippen molar-refractivity contribution in [3.05, 3.63) is 64.1 Å². The highest BCUT2D eigenvalue weighted by molar-refractivity contribution is 6.30. The summed E-state index contributed by atoms with van der Waals surface area (Å²) >= 11 is 12.0. The molecule has 2 aliphatic rings. The third-order valence-electron chi connectivity index (χ3n) is 6.32. The third-order valence-corrected chi connectivity index (χ3v) is 6.83. The predicted octanol–water partition coefficient (Wildman–Crippen LogP) is 6.04. The van der Waals surface area contributed by atoms with Crippen LogP contribution in [0.5, 0.6) is 0 Å². The fourth-order valence-corrected chi connectivity index (χ4v) is 4.79. The number of nitrogens with zero attached hydrogens (tertiary/aromatic N) is 3. The molecule has 1 unspecified atom stereocenters. The van der Waals surface area contributed by atoms with Gasteiger partial charge in [0.1, 0.15) is 0 Å². The quantitative estimate of drug-likeness (QED) is 0.482. The molecule has 4 rings (SSSR count). The first kappa shape index (κ1) is 27.1. The van der Waals surface area contributed by atoms with Gasteiger partial charge in [0.15, 0.2) is 0 Å². The average molecular weight is 519 g/mol. The molecule has 2 saturated heterocycles. The Kier molecular flexibility index (Phi) is 10.9. The molecule has 0 aromatic heterocycles. The van der Waals surface area contributed by atoms with Crippen LogP contribution in [0.15, 0.2) is 48.5 Å². The molecule has 2 heterocycles. The zero-order valence-electron chi connectivity index (χ0n) is 18.1. The Bertz CT molecular complexity index is 839. The number of carbonyl (C=O) groups excluding carboxylic acids is 1. The number of benzene rings is 2. The molecular weight excluding hydrogens is 488 g/mol. The first-order valence-electron chi connectivity index (χ1n) is 10.9. The lowest BCUT2D eigenvalue weighted by molar-refractivity contribution is 0.0582. The molecule has 0 saturated carbocycles. The second-order valence-corrected chi connectivity index (χ2v) is 9.12. The van der Waals surface area contributed by atoms with E-state index in [1.165, 1.54) is 12.1 Å². The van der Waals surface area contributed by atoms with Crippen LogP contribution < -0.4 is 4.90 Å². The van der Waals surface area contributed by atoms with Gasteiger partial charge in [-0.05, 0) is 74.2 Å². The summed E-state index contributed by atoms with van der Waals surface area (Å²) in [5, 5.41) is 1.45. The first-order valence-corrected chi connectivity index (χ1v) is 11.7. The molecule has 2 aliphatic heterocycles. The van der Waals surface area contributed by atoms with Crippen molar-refractivity contribution in [1.82, 2.24) is 9.80 Å². The van der Waals surface area contributed by atoms with Gasteiger partial charge in [0.05, 0.1) is 0 Å². The van der Waals surface area contributed by atoms with Gasteiger partial charge in [-0.2, -0.15) is 0 Å². The lowest BCUT2D eigenvalue weighted by Crippen LogP contribution is -2.49. The topological polar surface area (TPSA) is 26.8 Å². The summed E-state index contributed by atoms with van der Waals surface area (Å²) in [7, 11) is 0. The summed E-state index contributed by atoms with van der Waals surface area (Å²) in [5.41, 5.74) is 1.98. The van der Waals surface area contributed by atoms with E-state index in [1.54, 1.807) is 12.1 Å². The molecule has 0 N–H and O–H groups in total. The van der Waals surface area contributed by atoms with Crippen molar-refractivity contribution in [2.45, 2.75) is 31.7 Å². The van der Waals surface area contributed by atoms with Gasteiger partial charge < -0.3 is 9.80 Å². The van der Waals surface area contributed by atoms with Crippen molar-refractivity contribution < 1.29 is 4.79 Å². The standard InChI is InChI=1S/C24H29Cl2N3O.2ClH/c25-20-6-4-19(5-7-20)24(30)29-13-2-1-3-23(29)12-14-27-15-17-28(18-16-27)22-10-8-21(26)9-11-22;;/h4-11,23H,1-3,12-18H2;2*1H. The Morgan fingerprint density at radius 2 is 1.41 bits per heavy atom. The third kappa shape index (κ3) is 6.91. The molecule has 1 atom stereocenters. The maximum Gasteiger partial charge on any atom is 0.254 e. The van der Waals surface area contributed by atoms with Crippen LogP contribution in [0.4, 0.5) is 5.69 Å². The van der Waals surface area contributed by atoms with Gasteiger partial charge in [-0.15, -0.1) is 24.8 Å². The summed E-state index contributed by atoms with van der Waals surface area (Å²) in [6.45, 7) is 6.07. The largest absolute Gasteiger partial charge is 0.369 e. The predicted molar refractivity (Wildman–Crippen MR) is 139 cm³/mol. The van der Waals surface area contributed by atoms with E-state index in [4.69, 9.17) is 23.2 Å². The van der Waals surface area contributed by atoms with Crippen molar-refractivity contribution in [2.24, 2.45) is 0 Å². The van der Waals surface area contributed by atoms with Crippen molar-refractivity contribution in [3.8, 4) is 0 Å². The number of rotatable bonds is 5. The fraction of sp³-hybridized carbons (Fsp3) is 0.458. The minimum atomic E-state index is 0. The summed E-state index contributed by atoms with van der Waals surface area (Å²) in [4.78, 5) is 20.1. The molecule has 0 spiro atoms. The molecule has 8 heteroatoms. The van der Waals surface area contributed by atoms with Gasteiger partial charge in [0.25, 0.3) is 5.91 Å². The maximum absolute atomic E-state index is 13.0. The summed E-state index contributed by atoms with van der Waals surface area (Å²) < 4.78 is 0. The molecule has 2 aromatic carbocycles. The van der Waals surface area contributed by atoms with Gasteiger partial charge in [0, 0.05) is 66.6 Å². The summed E-state index contributed by atoms with van der Waals surface area (Å²) in [6, 6.07) is 15.7. The SMILES string of the molecule is Cl.Cl.O=C(c1ccc(Cl)cc1)N1CCCCC1CCN1CCN(c2ccc(Cl)cc2)CC1. The number of anilines is 1. The molecule has 32 heavy (non-hydrogen) atoms. The van der Waals surface area contributed by atoms with E-state index in [0.29, 0.717) is 11.1 Å². The number of hydrogen-bond acceptors (Lipinski definition) is 3. The van der Waals surface area contributed by atoms with Crippen LogP contribution in [0.3, 0.4) is 0 Å². The Morgan fingerprint density at radius 3 is 2.03 bits per heavy atom. The number of halogens is 4. The molecule has 4 nitrogen and oxygen atoms in total. The van der Waals surface area contributed by atoms with Crippen molar-refractivity contribution in [1.29, 1.82) is 0 Å². The number of piperazine rings is 1. The number of hydrogen-bond donors (Lipinski definition) is 0. The minimum absolute atomic E-state index is 0. The highest BCUT2D eigenvalue weighted by Gasteiger charge is 2.28. The molecule has 0 aliphatic carbocycles. The van der Waals surface area contributed by atoms with Crippen LogP contribution >= 0.6 is 48.0 Å². The molecule has 0 radical (unpaired) electrons. The fourth-order valence-electron chi connectivity index (χ4n) is 4.54. The summed E-state index contributed by atoms with van der Waals surface area (Å²) in [6.07, 6.45) is 4.44. The van der Waals surface area contributed by atoms with Crippen molar-refractivity contribution in [3.63, 3.8) is 0 Å². The Morgan fingerprint density at radius 1 is 0.812 bits per heavy atom. The Balaban J connectivity index is 0.00000181. The molecule has 1 amide bonds. The molecule has 2 fully saturated rings. The average Bonchev–Trinajstić information content (AvgIpc) is 2.79. The Hall–Kier alpha value is -1.17. The van der Waals surface area contributed by atoms with Crippen LogP contribution in [-0.2, 0) is 0 Å². The highest BCUT2D eigenvalue weighted by Crippen LogP contribution is 2.24. The Labute approximate surface area is 213 Å².